The van der Waals surface area contributed by atoms with Crippen LogP contribution in [-0.4, -0.2) is 16.1 Å². The highest BCUT2D eigenvalue weighted by atomic mass is 35.5. The smallest absolute Gasteiger partial charge is 0.235 e. The number of rotatable bonds is 3. The van der Waals surface area contributed by atoms with Gasteiger partial charge in [0.05, 0.1) is 5.69 Å². The number of anilines is 1. The van der Waals surface area contributed by atoms with Gasteiger partial charge in [0.1, 0.15) is 6.54 Å². The van der Waals surface area contributed by atoms with Crippen molar-refractivity contribution >= 4 is 23.2 Å². The summed E-state index contributed by atoms with van der Waals surface area (Å²) >= 11 is 6.13. The number of benzene rings is 1. The van der Waals surface area contributed by atoms with Crippen LogP contribution in [0.25, 0.3) is 0 Å². The molecule has 0 bridgehead atoms. The van der Waals surface area contributed by atoms with E-state index in [0.29, 0.717) is 10.9 Å². The molecule has 0 N–H and O–H groups in total. The van der Waals surface area contributed by atoms with Crippen molar-refractivity contribution in [3.05, 3.63) is 40.6 Å². The van der Waals surface area contributed by atoms with E-state index in [2.05, 4.69) is 10.2 Å². The van der Waals surface area contributed by atoms with E-state index in [-0.39, 0.29) is 12.5 Å². The molecule has 1 aromatic carbocycles. The van der Waals surface area contributed by atoms with Gasteiger partial charge in [-0.3, -0.25) is 4.79 Å². The van der Waals surface area contributed by atoms with Gasteiger partial charge in [0, 0.05) is 11.9 Å². The van der Waals surface area contributed by atoms with Gasteiger partial charge in [0.2, 0.25) is 18.2 Å². The predicted molar refractivity (Wildman–Crippen MR) is 72.1 cm³/mol. The number of nitrogens with zero attached hydrogens (tertiary/aromatic N) is 3. The summed E-state index contributed by atoms with van der Waals surface area (Å²) in [6, 6.07) is 3.70. The number of hydrogen-bond acceptors (Lipinski definition) is 4. The molecule has 5 nitrogen and oxygen atoms in total. The summed E-state index contributed by atoms with van der Waals surface area (Å²) in [4.78, 5) is 13.5. The number of aryl methyl sites for hydroxylation is 1. The van der Waals surface area contributed by atoms with Gasteiger partial charge >= 0.3 is 0 Å². The Morgan fingerprint density at radius 3 is 2.74 bits per heavy atom. The minimum atomic E-state index is -0.105. The van der Waals surface area contributed by atoms with Crippen molar-refractivity contribution in [2.75, 3.05) is 4.90 Å². The van der Waals surface area contributed by atoms with Crippen molar-refractivity contribution in [2.45, 2.75) is 27.3 Å². The molecule has 0 fully saturated rings. The first-order valence-electron chi connectivity index (χ1n) is 5.79. The van der Waals surface area contributed by atoms with Crippen molar-refractivity contribution in [3.8, 4) is 0 Å². The first-order chi connectivity index (χ1) is 9.00. The first kappa shape index (κ1) is 13.5. The van der Waals surface area contributed by atoms with E-state index < -0.39 is 0 Å². The molecule has 0 aliphatic carbocycles. The fraction of sp³-hybridized carbons (Fsp3) is 0.308. The van der Waals surface area contributed by atoms with Gasteiger partial charge in [0.25, 0.3) is 0 Å². The highest BCUT2D eigenvalue weighted by Crippen LogP contribution is 2.31. The fourth-order valence-electron chi connectivity index (χ4n) is 1.97. The van der Waals surface area contributed by atoms with Crippen LogP contribution < -0.4 is 4.90 Å². The number of carbonyl (C=O) groups is 1. The van der Waals surface area contributed by atoms with Gasteiger partial charge in [-0.15, -0.1) is 10.2 Å². The van der Waals surface area contributed by atoms with Crippen molar-refractivity contribution in [1.82, 2.24) is 10.2 Å². The predicted octanol–water partition coefficient (Wildman–Crippen LogP) is 2.89. The minimum Gasteiger partial charge on any atom is -0.426 e. The van der Waals surface area contributed by atoms with Gasteiger partial charge in [0.15, 0.2) is 0 Å². The van der Waals surface area contributed by atoms with Crippen LogP contribution in [0.4, 0.5) is 5.69 Å². The molecule has 19 heavy (non-hydrogen) atoms. The Kier molecular flexibility index (Phi) is 3.85. The van der Waals surface area contributed by atoms with E-state index in [1.54, 1.807) is 4.90 Å². The van der Waals surface area contributed by atoms with Gasteiger partial charge in [-0.1, -0.05) is 17.7 Å². The molecule has 2 rings (SSSR count). The average molecular weight is 280 g/mol. The monoisotopic (exact) mass is 279 g/mol. The third-order valence-electron chi connectivity index (χ3n) is 2.92. The molecule has 0 saturated heterocycles. The van der Waals surface area contributed by atoms with E-state index in [9.17, 15) is 4.79 Å². The molecule has 100 valence electrons. The van der Waals surface area contributed by atoms with E-state index in [4.69, 9.17) is 16.0 Å². The molecule has 0 spiro atoms. The van der Waals surface area contributed by atoms with Gasteiger partial charge < -0.3 is 9.32 Å². The van der Waals surface area contributed by atoms with Gasteiger partial charge in [-0.05, 0) is 31.0 Å². The van der Waals surface area contributed by atoms with Gasteiger partial charge in [-0.25, -0.2) is 0 Å². The van der Waals surface area contributed by atoms with Crippen LogP contribution in [-0.2, 0) is 11.3 Å². The quantitative estimate of drug-likeness (QED) is 0.867. The highest BCUT2D eigenvalue weighted by Gasteiger charge is 2.20. The summed E-state index contributed by atoms with van der Waals surface area (Å²) in [6.07, 6.45) is 1.24. The molecule has 0 aliphatic rings. The van der Waals surface area contributed by atoms with E-state index in [1.165, 1.54) is 13.3 Å². The third-order valence-corrected chi connectivity index (χ3v) is 3.32. The van der Waals surface area contributed by atoms with Crippen molar-refractivity contribution in [2.24, 2.45) is 0 Å². The molecule has 1 amide bonds. The number of aromatic nitrogens is 2. The fourth-order valence-corrected chi connectivity index (χ4v) is 2.13. The summed E-state index contributed by atoms with van der Waals surface area (Å²) in [5.74, 6) is 0.278. The molecule has 1 heterocycles. The van der Waals surface area contributed by atoms with Crippen molar-refractivity contribution in [1.29, 1.82) is 0 Å². The molecule has 6 heteroatoms. The lowest BCUT2D eigenvalue weighted by Gasteiger charge is -2.24. The van der Waals surface area contributed by atoms with Crippen LogP contribution >= 0.6 is 11.6 Å². The van der Waals surface area contributed by atoms with E-state index >= 15 is 0 Å². The number of hydrogen-bond donors (Lipinski definition) is 0. The third kappa shape index (κ3) is 2.76. The Bertz CT molecular complexity index is 596. The Hall–Kier alpha value is -1.88. The maximum absolute atomic E-state index is 11.9. The average Bonchev–Trinajstić information content (AvgIpc) is 2.86. The Labute approximate surface area is 116 Å². The van der Waals surface area contributed by atoms with Crippen LogP contribution in [0.15, 0.2) is 22.9 Å². The standard InChI is InChI=1S/C13H14ClN3O2/c1-8-4-5-11(14)9(2)13(8)17(10(3)18)6-12-16-15-7-19-12/h4-5,7H,6H2,1-3H3. The summed E-state index contributed by atoms with van der Waals surface area (Å²) in [7, 11) is 0. The molecule has 0 atom stereocenters. The Balaban J connectivity index is 2.45. The van der Waals surface area contributed by atoms with E-state index in [1.807, 2.05) is 26.0 Å². The van der Waals surface area contributed by atoms with Crippen LogP contribution in [0, 0.1) is 13.8 Å². The maximum atomic E-state index is 11.9. The zero-order valence-electron chi connectivity index (χ0n) is 11.0. The van der Waals surface area contributed by atoms with Crippen LogP contribution in [0.1, 0.15) is 23.9 Å². The summed E-state index contributed by atoms with van der Waals surface area (Å²) < 4.78 is 5.10. The van der Waals surface area contributed by atoms with Gasteiger partial charge in [-0.2, -0.15) is 0 Å². The molecule has 0 unspecified atom stereocenters. The normalized spacial score (nSPS) is 10.5. The van der Waals surface area contributed by atoms with Crippen LogP contribution in [0.2, 0.25) is 5.02 Å². The van der Waals surface area contributed by atoms with E-state index in [0.717, 1.165) is 16.8 Å². The number of carbonyl (C=O) groups excluding carboxylic acids is 1. The topological polar surface area (TPSA) is 59.2 Å². The molecule has 0 radical (unpaired) electrons. The molecule has 1 aromatic heterocycles. The molecular weight excluding hydrogens is 266 g/mol. The van der Waals surface area contributed by atoms with Crippen LogP contribution in [0.5, 0.6) is 0 Å². The second kappa shape index (κ2) is 5.40. The second-order valence-corrected chi connectivity index (χ2v) is 4.68. The zero-order valence-corrected chi connectivity index (χ0v) is 11.7. The summed E-state index contributed by atoms with van der Waals surface area (Å²) in [5, 5.41) is 8.03. The lowest BCUT2D eigenvalue weighted by molar-refractivity contribution is -0.116. The maximum Gasteiger partial charge on any atom is 0.235 e. The number of halogens is 1. The lowest BCUT2D eigenvalue weighted by Crippen LogP contribution is -2.29. The largest absolute Gasteiger partial charge is 0.426 e. The summed E-state index contributed by atoms with van der Waals surface area (Å²) in [6.45, 7) is 5.55. The Morgan fingerprint density at radius 2 is 2.16 bits per heavy atom. The van der Waals surface area contributed by atoms with Crippen molar-refractivity contribution < 1.29 is 9.21 Å². The second-order valence-electron chi connectivity index (χ2n) is 4.28. The Morgan fingerprint density at radius 1 is 1.42 bits per heavy atom. The first-order valence-corrected chi connectivity index (χ1v) is 6.17. The molecule has 0 saturated carbocycles. The molecular formula is C13H14ClN3O2. The number of amides is 1. The van der Waals surface area contributed by atoms with Crippen LogP contribution in [0.3, 0.4) is 0 Å². The molecule has 0 aliphatic heterocycles. The zero-order chi connectivity index (χ0) is 14.0. The summed E-state index contributed by atoms with van der Waals surface area (Å²) in [5.41, 5.74) is 2.62. The minimum absolute atomic E-state index is 0.105. The lowest BCUT2D eigenvalue weighted by atomic mass is 10.1. The highest BCUT2D eigenvalue weighted by molar-refractivity contribution is 6.31. The van der Waals surface area contributed by atoms with Crippen molar-refractivity contribution in [3.63, 3.8) is 0 Å². The molecule has 2 aromatic rings. The SMILES string of the molecule is CC(=O)N(Cc1nnco1)c1c(C)ccc(Cl)c1C.